The molecule has 0 aliphatic rings. The molecule has 0 bridgehead atoms. The first-order valence-electron chi connectivity index (χ1n) is 4.42. The first-order chi connectivity index (χ1) is 6.72. The maximum atomic E-state index is 10.9. The van der Waals surface area contributed by atoms with Crippen LogP contribution in [0, 0.1) is 0 Å². The predicted molar refractivity (Wildman–Crippen MR) is 61.4 cm³/mol. The molecule has 4 nitrogen and oxygen atoms in total. The van der Waals surface area contributed by atoms with E-state index in [1.165, 1.54) is 6.08 Å². The fourth-order valence-electron chi connectivity index (χ4n) is 0.962. The molecule has 0 radical (unpaired) electrons. The SMILES string of the molecule is [B+2]c1ccc(C=CC(=O)OCC)cc1.[OH-].[OH-]. The summed E-state index contributed by atoms with van der Waals surface area (Å²) in [5.74, 6) is -0.329. The van der Waals surface area contributed by atoms with Crippen LogP contribution in [0.2, 0.25) is 0 Å². The average molecular weight is 220 g/mol. The van der Waals surface area contributed by atoms with Gasteiger partial charge in [-0.15, -0.1) is 0 Å². The van der Waals surface area contributed by atoms with Gasteiger partial charge < -0.3 is 11.0 Å². The second-order valence-electron chi connectivity index (χ2n) is 2.75. The van der Waals surface area contributed by atoms with Gasteiger partial charge >= 0.3 is 84.3 Å². The third kappa shape index (κ3) is 6.00. The molecule has 0 amide bonds. The Kier molecular flexibility index (Phi) is 9.15. The third-order valence-electron chi connectivity index (χ3n) is 1.63. The van der Waals surface area contributed by atoms with E-state index in [2.05, 4.69) is 0 Å². The molecule has 84 valence electrons. The molecular formula is C11H13BO4. The molecule has 0 spiro atoms. The van der Waals surface area contributed by atoms with Crippen molar-refractivity contribution in [3.05, 3.63) is 35.9 Å². The minimum atomic E-state index is -0.329. The molecular weight excluding hydrogens is 207 g/mol. The average Bonchev–Trinajstić information content (AvgIpc) is 2.17. The molecule has 0 saturated carbocycles. The van der Waals surface area contributed by atoms with E-state index in [1.807, 2.05) is 12.1 Å². The summed E-state index contributed by atoms with van der Waals surface area (Å²) in [6.45, 7) is 2.17. The Hall–Kier alpha value is -1.59. The van der Waals surface area contributed by atoms with Gasteiger partial charge in [0.2, 0.25) is 0 Å². The van der Waals surface area contributed by atoms with E-state index in [4.69, 9.17) is 12.6 Å². The van der Waals surface area contributed by atoms with Crippen LogP contribution in [0.15, 0.2) is 30.3 Å². The summed E-state index contributed by atoms with van der Waals surface area (Å²) in [5.41, 5.74) is 1.63. The minimum Gasteiger partial charge on any atom is -0.870 e. The fraction of sp³-hybridized carbons (Fsp3) is 0.182. The summed E-state index contributed by atoms with van der Waals surface area (Å²) >= 11 is 0. The Morgan fingerprint density at radius 2 is 1.88 bits per heavy atom. The molecule has 1 aromatic carbocycles. The monoisotopic (exact) mass is 220 g/mol. The summed E-state index contributed by atoms with van der Waals surface area (Å²) in [5, 5.41) is 0. The van der Waals surface area contributed by atoms with Gasteiger partial charge in [-0.3, -0.25) is 0 Å². The van der Waals surface area contributed by atoms with Gasteiger partial charge in [0.15, 0.2) is 0 Å². The van der Waals surface area contributed by atoms with E-state index < -0.39 is 0 Å². The Morgan fingerprint density at radius 3 is 2.38 bits per heavy atom. The van der Waals surface area contributed by atoms with Crippen LogP contribution in [0.5, 0.6) is 0 Å². The zero-order valence-electron chi connectivity index (χ0n) is 8.96. The Bertz CT molecular complexity index is 332. The number of rotatable bonds is 3. The van der Waals surface area contributed by atoms with Crippen LogP contribution in [-0.4, -0.2) is 31.4 Å². The van der Waals surface area contributed by atoms with Crippen LogP contribution in [-0.2, 0) is 9.53 Å². The van der Waals surface area contributed by atoms with Crippen LogP contribution < -0.4 is 5.46 Å². The normalized spacial score (nSPS) is 9.19. The van der Waals surface area contributed by atoms with Gasteiger partial charge in [-0.1, -0.05) is 0 Å². The van der Waals surface area contributed by atoms with E-state index >= 15 is 0 Å². The molecule has 16 heavy (non-hydrogen) atoms. The molecule has 2 N–H and O–H groups in total. The predicted octanol–water partition coefficient (Wildman–Crippen LogP) is 0.703. The van der Waals surface area contributed by atoms with Crippen LogP contribution in [0.4, 0.5) is 0 Å². The largest absolute Gasteiger partial charge is 0.870 e. The van der Waals surface area contributed by atoms with Gasteiger partial charge in [-0.25, -0.2) is 0 Å². The van der Waals surface area contributed by atoms with E-state index in [0.717, 1.165) is 5.56 Å². The Labute approximate surface area is 96.0 Å². The molecule has 0 fully saturated rings. The van der Waals surface area contributed by atoms with Gasteiger partial charge in [0.05, 0.1) is 0 Å². The first kappa shape index (κ1) is 16.8. The maximum absolute atomic E-state index is 10.9. The molecule has 0 atom stereocenters. The van der Waals surface area contributed by atoms with Gasteiger partial charge in [0.25, 0.3) is 0 Å². The van der Waals surface area contributed by atoms with Crippen LogP contribution in [0.25, 0.3) is 6.08 Å². The molecule has 5 heteroatoms. The Balaban J connectivity index is 0. The molecule has 0 heterocycles. The fourth-order valence-corrected chi connectivity index (χ4v) is 0.962. The summed E-state index contributed by atoms with van der Waals surface area (Å²) in [4.78, 5) is 10.9. The summed E-state index contributed by atoms with van der Waals surface area (Å²) < 4.78 is 4.74. The standard InChI is InChI=1S/C11H11BO2.2H2O/c1-2-14-11(13)8-5-9-3-6-10(12)7-4-9;;/h3-8H,2H2,1H3;2*1H2/q+2;;/p-2. The minimum absolute atomic E-state index is 0. The van der Waals surface area contributed by atoms with Crippen molar-refractivity contribution in [2.45, 2.75) is 6.92 Å². The van der Waals surface area contributed by atoms with Crippen molar-refractivity contribution in [3.8, 4) is 0 Å². The first-order valence-corrected chi connectivity index (χ1v) is 4.42. The molecule has 0 saturated heterocycles. The summed E-state index contributed by atoms with van der Waals surface area (Å²) in [6.07, 6.45) is 3.09. The second kappa shape index (κ2) is 8.70. The quantitative estimate of drug-likeness (QED) is 0.426. The number of hydrogen-bond acceptors (Lipinski definition) is 4. The van der Waals surface area contributed by atoms with E-state index in [-0.39, 0.29) is 16.9 Å². The Morgan fingerprint density at radius 1 is 1.31 bits per heavy atom. The molecule has 0 unspecified atom stereocenters. The third-order valence-corrected chi connectivity index (χ3v) is 1.63. The molecule has 1 rings (SSSR count). The maximum Gasteiger partial charge on any atom is -0.870 e. The zero-order valence-corrected chi connectivity index (χ0v) is 8.96. The van der Waals surface area contributed by atoms with Gasteiger partial charge in [-0.05, 0) is 0 Å². The number of ether oxygens (including phenoxy) is 1. The van der Waals surface area contributed by atoms with Crippen molar-refractivity contribution in [1.29, 1.82) is 0 Å². The number of benzene rings is 1. The van der Waals surface area contributed by atoms with Crippen molar-refractivity contribution in [3.63, 3.8) is 0 Å². The van der Waals surface area contributed by atoms with Crippen LogP contribution >= 0.6 is 0 Å². The van der Waals surface area contributed by atoms with Crippen molar-refractivity contribution in [1.82, 2.24) is 0 Å². The van der Waals surface area contributed by atoms with Crippen LogP contribution in [0.1, 0.15) is 12.5 Å². The van der Waals surface area contributed by atoms with Gasteiger partial charge in [-0.2, -0.15) is 0 Å². The van der Waals surface area contributed by atoms with Crippen molar-refractivity contribution in [2.24, 2.45) is 0 Å². The van der Waals surface area contributed by atoms with E-state index in [0.29, 0.717) is 12.1 Å². The van der Waals surface area contributed by atoms with Gasteiger partial charge in [0, 0.05) is 0 Å². The van der Waals surface area contributed by atoms with Crippen molar-refractivity contribution >= 4 is 25.4 Å². The number of esters is 1. The number of carbonyl (C=O) groups excluding carboxylic acids is 1. The number of hydrogen-bond donors (Lipinski definition) is 0. The van der Waals surface area contributed by atoms with E-state index in [9.17, 15) is 4.79 Å². The zero-order chi connectivity index (χ0) is 10.4. The second-order valence-corrected chi connectivity index (χ2v) is 2.75. The smallest absolute Gasteiger partial charge is 0.870 e. The van der Waals surface area contributed by atoms with Gasteiger partial charge in [0.1, 0.15) is 0 Å². The topological polar surface area (TPSA) is 86.3 Å². The number of carbonyl (C=O) groups is 1. The van der Waals surface area contributed by atoms with Crippen molar-refractivity contribution < 1.29 is 20.5 Å². The van der Waals surface area contributed by atoms with Crippen LogP contribution in [0.3, 0.4) is 0 Å². The molecule has 1 aromatic rings. The molecule has 0 aliphatic heterocycles. The molecule has 0 aliphatic carbocycles. The molecule has 0 aromatic heterocycles. The van der Waals surface area contributed by atoms with E-state index in [1.54, 1.807) is 25.1 Å². The summed E-state index contributed by atoms with van der Waals surface area (Å²) in [7, 11) is 5.51. The summed E-state index contributed by atoms with van der Waals surface area (Å²) in [6, 6.07) is 7.24. The van der Waals surface area contributed by atoms with Crippen molar-refractivity contribution in [2.75, 3.05) is 6.61 Å².